The van der Waals surface area contributed by atoms with E-state index in [1.54, 1.807) is 11.8 Å². The Morgan fingerprint density at radius 3 is 2.23 bits per heavy atom. The van der Waals surface area contributed by atoms with Gasteiger partial charge >= 0.3 is 0 Å². The lowest BCUT2D eigenvalue weighted by atomic mass is 10.0. The molecule has 1 N–H and O–H groups in total. The second-order valence-electron chi connectivity index (χ2n) is 7.10. The van der Waals surface area contributed by atoms with Crippen LogP contribution in [-0.2, 0) is 0 Å². The fourth-order valence-corrected chi connectivity index (χ4v) is 4.51. The van der Waals surface area contributed by atoms with Gasteiger partial charge in [-0.1, -0.05) is 85.8 Å². The summed E-state index contributed by atoms with van der Waals surface area (Å²) in [6.45, 7) is 2.09. The van der Waals surface area contributed by atoms with E-state index >= 15 is 0 Å². The number of hydrogen-bond acceptors (Lipinski definition) is 3. The largest absolute Gasteiger partial charge is 0.345 e. The molecule has 0 aliphatic rings. The lowest BCUT2D eigenvalue weighted by Crippen LogP contribution is -2.29. The Hall–Kier alpha value is -3.11. The molecule has 0 fully saturated rings. The summed E-state index contributed by atoms with van der Waals surface area (Å²) in [7, 11) is 0. The number of benzene rings is 3. The van der Waals surface area contributed by atoms with Crippen molar-refractivity contribution in [2.75, 3.05) is 6.26 Å². The van der Waals surface area contributed by atoms with Crippen molar-refractivity contribution < 1.29 is 4.79 Å². The van der Waals surface area contributed by atoms with Crippen molar-refractivity contribution in [2.24, 2.45) is 0 Å². The normalized spacial score (nSPS) is 11.9. The molecule has 0 aliphatic heterocycles. The average molecular weight is 413 g/mol. The Labute approximate surface area is 181 Å². The van der Waals surface area contributed by atoms with Gasteiger partial charge < -0.3 is 5.32 Å². The van der Waals surface area contributed by atoms with Gasteiger partial charge in [0.05, 0.1) is 22.8 Å². The summed E-state index contributed by atoms with van der Waals surface area (Å²) >= 11 is 1.57. The molecule has 1 heterocycles. The fraction of sp³-hybridized carbons (Fsp3) is 0.154. The number of hydrogen-bond donors (Lipinski definition) is 1. The summed E-state index contributed by atoms with van der Waals surface area (Å²) in [5.74, 6) is -0.0640. The first kappa shape index (κ1) is 20.2. The van der Waals surface area contributed by atoms with Crippen molar-refractivity contribution in [1.29, 1.82) is 0 Å². The number of pyridine rings is 1. The Bertz CT molecular complexity index is 1160. The predicted octanol–water partition coefficient (Wildman–Crippen LogP) is 6.50. The van der Waals surface area contributed by atoms with Crippen LogP contribution in [0.3, 0.4) is 0 Å². The van der Waals surface area contributed by atoms with Crippen LogP contribution >= 0.6 is 11.8 Å². The zero-order chi connectivity index (χ0) is 20.9. The highest BCUT2D eigenvalue weighted by molar-refractivity contribution is 7.98. The maximum Gasteiger partial charge on any atom is 0.253 e. The molecule has 0 aliphatic carbocycles. The third-order valence-corrected chi connectivity index (χ3v) is 6.05. The first-order valence-corrected chi connectivity index (χ1v) is 11.3. The van der Waals surface area contributed by atoms with Crippen molar-refractivity contribution in [3.63, 3.8) is 0 Å². The van der Waals surface area contributed by atoms with E-state index in [0.717, 1.165) is 39.0 Å². The molecule has 1 amide bonds. The van der Waals surface area contributed by atoms with Gasteiger partial charge in [0.25, 0.3) is 5.91 Å². The Morgan fingerprint density at radius 1 is 0.933 bits per heavy atom. The minimum Gasteiger partial charge on any atom is -0.345 e. The number of carbonyl (C=O) groups excluding carboxylic acids is 1. The molecule has 4 aromatic rings. The molecule has 0 saturated heterocycles. The number of amides is 1. The van der Waals surface area contributed by atoms with Crippen LogP contribution in [0.4, 0.5) is 0 Å². The smallest absolute Gasteiger partial charge is 0.253 e. The molecule has 0 bridgehead atoms. The van der Waals surface area contributed by atoms with E-state index in [1.165, 1.54) is 0 Å². The van der Waals surface area contributed by atoms with Crippen molar-refractivity contribution >= 4 is 28.6 Å². The van der Waals surface area contributed by atoms with Crippen molar-refractivity contribution in [3.8, 4) is 11.3 Å². The van der Waals surface area contributed by atoms with Gasteiger partial charge in [0, 0.05) is 15.8 Å². The number of nitrogens with one attached hydrogen (secondary N) is 1. The van der Waals surface area contributed by atoms with Crippen LogP contribution in [0.25, 0.3) is 22.2 Å². The number of aromatic nitrogens is 1. The van der Waals surface area contributed by atoms with E-state index in [-0.39, 0.29) is 11.9 Å². The maximum atomic E-state index is 13.6. The maximum absolute atomic E-state index is 13.6. The van der Waals surface area contributed by atoms with Gasteiger partial charge in [0.1, 0.15) is 0 Å². The minimum absolute atomic E-state index is 0.0412. The number of rotatable bonds is 6. The second kappa shape index (κ2) is 9.14. The zero-order valence-electron chi connectivity index (χ0n) is 17.1. The number of carbonyl (C=O) groups is 1. The highest BCUT2D eigenvalue weighted by Crippen LogP contribution is 2.36. The van der Waals surface area contributed by atoms with E-state index in [0.29, 0.717) is 5.56 Å². The molecule has 150 valence electrons. The first-order chi connectivity index (χ1) is 14.7. The van der Waals surface area contributed by atoms with Crippen LogP contribution in [0.15, 0.2) is 89.8 Å². The molecule has 1 atom stereocenters. The van der Waals surface area contributed by atoms with Crippen LogP contribution in [0, 0.1) is 0 Å². The molecular formula is C26H24N2OS. The number of fused-ring (bicyclic) bond motifs is 1. The van der Waals surface area contributed by atoms with Crippen molar-refractivity contribution in [3.05, 3.63) is 96.1 Å². The highest BCUT2D eigenvalue weighted by atomic mass is 32.2. The number of para-hydroxylation sites is 1. The Balaban J connectivity index is 1.85. The van der Waals surface area contributed by atoms with Gasteiger partial charge in [-0.2, -0.15) is 0 Å². The summed E-state index contributed by atoms with van der Waals surface area (Å²) < 4.78 is 0. The van der Waals surface area contributed by atoms with Crippen LogP contribution in [0.2, 0.25) is 0 Å². The first-order valence-electron chi connectivity index (χ1n) is 10.1. The van der Waals surface area contributed by atoms with Crippen molar-refractivity contribution in [1.82, 2.24) is 10.3 Å². The third-order valence-electron chi connectivity index (χ3n) is 5.24. The van der Waals surface area contributed by atoms with Gasteiger partial charge in [-0.3, -0.25) is 4.79 Å². The molecule has 4 rings (SSSR count). The standard InChI is InChI=1S/C26H24N2OS/c1-3-21(18-12-6-4-7-13-18)28-26(29)23-20-16-10-11-17-22(20)27-24(25(23)30-2)19-14-8-5-9-15-19/h4-17,21H,3H2,1-2H3,(H,28,29)/t21-/m0/s1. The Morgan fingerprint density at radius 2 is 1.57 bits per heavy atom. The molecule has 4 heteroatoms. The lowest BCUT2D eigenvalue weighted by molar-refractivity contribution is 0.0934. The van der Waals surface area contributed by atoms with E-state index in [9.17, 15) is 4.79 Å². The monoisotopic (exact) mass is 412 g/mol. The summed E-state index contributed by atoms with van der Waals surface area (Å²) in [6.07, 6.45) is 2.82. The number of thioether (sulfide) groups is 1. The van der Waals surface area contributed by atoms with Crippen LogP contribution in [0.1, 0.15) is 35.3 Å². The van der Waals surface area contributed by atoms with Gasteiger partial charge in [-0.25, -0.2) is 4.98 Å². The quantitative estimate of drug-likeness (QED) is 0.367. The van der Waals surface area contributed by atoms with Gasteiger partial charge in [0.2, 0.25) is 0 Å². The van der Waals surface area contributed by atoms with Gasteiger partial charge in [-0.15, -0.1) is 11.8 Å². The molecule has 3 nitrogen and oxygen atoms in total. The fourth-order valence-electron chi connectivity index (χ4n) is 3.75. The summed E-state index contributed by atoms with van der Waals surface area (Å²) in [5.41, 5.74) is 4.49. The van der Waals surface area contributed by atoms with E-state index < -0.39 is 0 Å². The lowest BCUT2D eigenvalue weighted by Gasteiger charge is -2.20. The van der Waals surface area contributed by atoms with Crippen LogP contribution in [0.5, 0.6) is 0 Å². The molecule has 0 saturated carbocycles. The van der Waals surface area contributed by atoms with Crippen LogP contribution < -0.4 is 5.32 Å². The molecule has 3 aromatic carbocycles. The molecule has 30 heavy (non-hydrogen) atoms. The third kappa shape index (κ3) is 3.96. The summed E-state index contributed by atoms with van der Waals surface area (Å²) in [4.78, 5) is 19.4. The predicted molar refractivity (Wildman–Crippen MR) is 126 cm³/mol. The molecule has 1 aromatic heterocycles. The van der Waals surface area contributed by atoms with E-state index in [2.05, 4.69) is 24.4 Å². The Kier molecular flexibility index (Phi) is 6.15. The molecule has 0 unspecified atom stereocenters. The van der Waals surface area contributed by atoms with Crippen molar-refractivity contribution in [2.45, 2.75) is 24.3 Å². The summed E-state index contributed by atoms with van der Waals surface area (Å²) in [6, 6.07) is 28.0. The number of nitrogens with zero attached hydrogens (tertiary/aromatic N) is 1. The molecule has 0 radical (unpaired) electrons. The highest BCUT2D eigenvalue weighted by Gasteiger charge is 2.23. The average Bonchev–Trinajstić information content (AvgIpc) is 2.82. The minimum atomic E-state index is -0.0640. The molecule has 0 spiro atoms. The van der Waals surface area contributed by atoms with Crippen LogP contribution in [-0.4, -0.2) is 17.1 Å². The van der Waals surface area contributed by atoms with Gasteiger partial charge in [0.15, 0.2) is 0 Å². The topological polar surface area (TPSA) is 42.0 Å². The van der Waals surface area contributed by atoms with Gasteiger partial charge in [-0.05, 0) is 24.3 Å². The molecular weight excluding hydrogens is 388 g/mol. The summed E-state index contributed by atoms with van der Waals surface area (Å²) in [5, 5.41) is 4.14. The van der Waals surface area contributed by atoms with E-state index in [1.807, 2.05) is 79.1 Å². The second-order valence-corrected chi connectivity index (χ2v) is 7.91. The SMILES string of the molecule is CC[C@H](NC(=O)c1c(SC)c(-c2ccccc2)nc2ccccc12)c1ccccc1. The van der Waals surface area contributed by atoms with E-state index in [4.69, 9.17) is 4.98 Å². The zero-order valence-corrected chi connectivity index (χ0v) is 17.9.